The summed E-state index contributed by atoms with van der Waals surface area (Å²) in [5.74, 6) is 2.41. The van der Waals surface area contributed by atoms with Crippen LogP contribution < -0.4 is 15.0 Å². The monoisotopic (exact) mass is 536 g/mol. The zero-order valence-corrected chi connectivity index (χ0v) is 20.7. The summed E-state index contributed by atoms with van der Waals surface area (Å²) in [4.78, 5) is 9.26. The van der Waals surface area contributed by atoms with Crippen molar-refractivity contribution in [3.8, 4) is 5.75 Å². The van der Waals surface area contributed by atoms with Crippen LogP contribution in [0, 0.1) is 0 Å². The molecule has 0 bridgehead atoms. The van der Waals surface area contributed by atoms with Gasteiger partial charge in [0.15, 0.2) is 5.96 Å². The Labute approximate surface area is 202 Å². The molecule has 0 spiro atoms. The van der Waals surface area contributed by atoms with E-state index in [0.717, 1.165) is 64.1 Å². The SMILES string of the molecule is CN=C(NCc1ccc(N2CCOCC2)cc1)N1CCC(c2ccc(OC)cc2)C1.I. The molecule has 0 radical (unpaired) electrons. The fourth-order valence-electron chi connectivity index (χ4n) is 4.26. The van der Waals surface area contributed by atoms with E-state index in [1.165, 1.54) is 16.8 Å². The summed E-state index contributed by atoms with van der Waals surface area (Å²) in [5.41, 5.74) is 3.90. The third-order valence-electron chi connectivity index (χ3n) is 6.05. The van der Waals surface area contributed by atoms with Crippen molar-refractivity contribution in [3.63, 3.8) is 0 Å². The van der Waals surface area contributed by atoms with Gasteiger partial charge in [-0.3, -0.25) is 4.99 Å². The molecule has 1 atom stereocenters. The van der Waals surface area contributed by atoms with Crippen molar-refractivity contribution >= 4 is 35.6 Å². The maximum atomic E-state index is 5.44. The molecule has 2 fully saturated rings. The van der Waals surface area contributed by atoms with Crippen LogP contribution in [0.3, 0.4) is 0 Å². The van der Waals surface area contributed by atoms with Gasteiger partial charge in [-0.05, 0) is 41.8 Å². The molecule has 168 valence electrons. The summed E-state index contributed by atoms with van der Waals surface area (Å²) in [6.45, 7) is 6.34. The number of guanidine groups is 1. The number of methoxy groups -OCH3 is 1. The summed E-state index contributed by atoms with van der Waals surface area (Å²) in [6.07, 6.45) is 1.14. The molecule has 2 heterocycles. The van der Waals surface area contributed by atoms with E-state index in [1.807, 2.05) is 19.2 Å². The quantitative estimate of drug-likeness (QED) is 0.359. The zero-order valence-electron chi connectivity index (χ0n) is 18.4. The highest BCUT2D eigenvalue weighted by molar-refractivity contribution is 14.0. The van der Waals surface area contributed by atoms with E-state index in [4.69, 9.17) is 9.47 Å². The van der Waals surface area contributed by atoms with Gasteiger partial charge in [-0.15, -0.1) is 24.0 Å². The third-order valence-corrected chi connectivity index (χ3v) is 6.05. The highest BCUT2D eigenvalue weighted by Crippen LogP contribution is 2.28. The number of likely N-dealkylation sites (tertiary alicyclic amines) is 1. The zero-order chi connectivity index (χ0) is 20.8. The van der Waals surface area contributed by atoms with E-state index in [9.17, 15) is 0 Å². The molecule has 4 rings (SSSR count). The van der Waals surface area contributed by atoms with Gasteiger partial charge in [-0.2, -0.15) is 0 Å². The summed E-state index contributed by atoms with van der Waals surface area (Å²) in [5, 5.41) is 3.54. The van der Waals surface area contributed by atoms with Gasteiger partial charge in [0.25, 0.3) is 0 Å². The van der Waals surface area contributed by atoms with Gasteiger partial charge >= 0.3 is 0 Å². The van der Waals surface area contributed by atoms with Crippen molar-refractivity contribution in [2.75, 3.05) is 58.5 Å². The van der Waals surface area contributed by atoms with Crippen LogP contribution in [0.15, 0.2) is 53.5 Å². The Hall–Kier alpha value is -2.00. The number of hydrogen-bond acceptors (Lipinski definition) is 4. The standard InChI is InChI=1S/C24H32N4O2.HI/c1-25-24(28-12-11-21(18-28)20-5-9-23(29-2)10-6-20)26-17-19-3-7-22(8-4-19)27-13-15-30-16-14-27;/h3-10,21H,11-18H2,1-2H3,(H,25,26);1H. The molecule has 0 amide bonds. The Morgan fingerprint density at radius 2 is 1.77 bits per heavy atom. The van der Waals surface area contributed by atoms with E-state index < -0.39 is 0 Å². The topological polar surface area (TPSA) is 49.3 Å². The molecule has 31 heavy (non-hydrogen) atoms. The van der Waals surface area contributed by atoms with Gasteiger partial charge in [-0.1, -0.05) is 24.3 Å². The maximum absolute atomic E-state index is 5.44. The third kappa shape index (κ3) is 6.04. The first-order valence-corrected chi connectivity index (χ1v) is 10.8. The lowest BCUT2D eigenvalue weighted by Gasteiger charge is -2.29. The molecule has 6 nitrogen and oxygen atoms in total. The average molecular weight is 536 g/mol. The molecular formula is C24H33IN4O2. The number of hydrogen-bond donors (Lipinski definition) is 1. The maximum Gasteiger partial charge on any atom is 0.193 e. The molecule has 1 N–H and O–H groups in total. The van der Waals surface area contributed by atoms with Crippen LogP contribution >= 0.6 is 24.0 Å². The minimum absolute atomic E-state index is 0. The van der Waals surface area contributed by atoms with Gasteiger partial charge in [0.1, 0.15) is 5.75 Å². The molecule has 1 unspecified atom stereocenters. The number of benzene rings is 2. The number of ether oxygens (including phenoxy) is 2. The lowest BCUT2D eigenvalue weighted by atomic mass is 9.98. The average Bonchev–Trinajstić information content (AvgIpc) is 3.31. The normalized spacial score (nSPS) is 19.2. The largest absolute Gasteiger partial charge is 0.497 e. The highest BCUT2D eigenvalue weighted by atomic mass is 127. The Morgan fingerprint density at radius 3 is 2.42 bits per heavy atom. The van der Waals surface area contributed by atoms with Gasteiger partial charge in [-0.25, -0.2) is 0 Å². The van der Waals surface area contributed by atoms with E-state index in [1.54, 1.807) is 7.11 Å². The van der Waals surface area contributed by atoms with Gasteiger partial charge in [0, 0.05) is 51.4 Å². The van der Waals surface area contributed by atoms with Crippen molar-refractivity contribution in [3.05, 3.63) is 59.7 Å². The minimum Gasteiger partial charge on any atom is -0.497 e. The number of anilines is 1. The number of morpholine rings is 1. The highest BCUT2D eigenvalue weighted by Gasteiger charge is 2.26. The van der Waals surface area contributed by atoms with E-state index >= 15 is 0 Å². The molecule has 7 heteroatoms. The lowest BCUT2D eigenvalue weighted by Crippen LogP contribution is -2.39. The van der Waals surface area contributed by atoms with Crippen LogP contribution in [-0.4, -0.2) is 64.4 Å². The summed E-state index contributed by atoms with van der Waals surface area (Å²) in [6, 6.07) is 17.3. The first-order chi connectivity index (χ1) is 14.8. The Morgan fingerprint density at radius 1 is 1.06 bits per heavy atom. The second kappa shape index (κ2) is 11.6. The molecule has 2 aliphatic heterocycles. The summed E-state index contributed by atoms with van der Waals surface area (Å²) in [7, 11) is 3.57. The number of nitrogens with zero attached hydrogens (tertiary/aromatic N) is 3. The van der Waals surface area contributed by atoms with E-state index in [0.29, 0.717) is 5.92 Å². The van der Waals surface area contributed by atoms with E-state index in [2.05, 4.69) is 56.5 Å². The fraction of sp³-hybridized carbons (Fsp3) is 0.458. The lowest BCUT2D eigenvalue weighted by molar-refractivity contribution is 0.122. The Balaban J connectivity index is 0.00000272. The smallest absolute Gasteiger partial charge is 0.193 e. The predicted octanol–water partition coefficient (Wildman–Crippen LogP) is 3.71. The van der Waals surface area contributed by atoms with Gasteiger partial charge in [0.05, 0.1) is 20.3 Å². The fourth-order valence-corrected chi connectivity index (χ4v) is 4.26. The van der Waals surface area contributed by atoms with Crippen molar-refractivity contribution in [1.82, 2.24) is 10.2 Å². The van der Waals surface area contributed by atoms with Crippen LogP contribution in [0.1, 0.15) is 23.5 Å². The van der Waals surface area contributed by atoms with Crippen molar-refractivity contribution in [2.45, 2.75) is 18.9 Å². The molecule has 2 saturated heterocycles. The van der Waals surface area contributed by atoms with E-state index in [-0.39, 0.29) is 24.0 Å². The molecule has 2 aromatic rings. The second-order valence-corrected chi connectivity index (χ2v) is 7.87. The number of halogens is 1. The molecule has 2 aromatic carbocycles. The second-order valence-electron chi connectivity index (χ2n) is 7.87. The van der Waals surface area contributed by atoms with Crippen LogP contribution in [0.25, 0.3) is 0 Å². The van der Waals surface area contributed by atoms with Crippen LogP contribution in [0.5, 0.6) is 5.75 Å². The minimum atomic E-state index is 0. The van der Waals surface area contributed by atoms with Crippen molar-refractivity contribution in [1.29, 1.82) is 0 Å². The predicted molar refractivity (Wildman–Crippen MR) is 137 cm³/mol. The summed E-state index contributed by atoms with van der Waals surface area (Å²) < 4.78 is 10.7. The molecular weight excluding hydrogens is 503 g/mol. The molecule has 0 aromatic heterocycles. The number of nitrogens with one attached hydrogen (secondary N) is 1. The van der Waals surface area contributed by atoms with Crippen LogP contribution in [0.4, 0.5) is 5.69 Å². The van der Waals surface area contributed by atoms with Crippen molar-refractivity contribution < 1.29 is 9.47 Å². The van der Waals surface area contributed by atoms with Gasteiger partial charge < -0.3 is 24.6 Å². The van der Waals surface area contributed by atoms with Gasteiger partial charge in [0.2, 0.25) is 0 Å². The molecule has 0 saturated carbocycles. The molecule has 2 aliphatic rings. The molecule has 0 aliphatic carbocycles. The van der Waals surface area contributed by atoms with Crippen LogP contribution in [-0.2, 0) is 11.3 Å². The first kappa shape index (κ1) is 23.7. The van der Waals surface area contributed by atoms with Crippen LogP contribution in [0.2, 0.25) is 0 Å². The first-order valence-electron chi connectivity index (χ1n) is 10.8. The van der Waals surface area contributed by atoms with Crippen molar-refractivity contribution in [2.24, 2.45) is 4.99 Å². The Kier molecular flexibility index (Phi) is 8.83. The Bertz CT molecular complexity index is 836. The number of rotatable bonds is 5. The summed E-state index contributed by atoms with van der Waals surface area (Å²) >= 11 is 0. The number of aliphatic imine (C=N–C) groups is 1.